The summed E-state index contributed by atoms with van der Waals surface area (Å²) in [6.07, 6.45) is -0.0829. The van der Waals surface area contributed by atoms with Gasteiger partial charge >= 0.3 is 6.01 Å². The van der Waals surface area contributed by atoms with Gasteiger partial charge in [0.15, 0.2) is 0 Å². The van der Waals surface area contributed by atoms with Gasteiger partial charge in [0.25, 0.3) is 0 Å². The molecule has 7 heteroatoms. The predicted octanol–water partition coefficient (Wildman–Crippen LogP) is 3.19. The van der Waals surface area contributed by atoms with Crippen molar-refractivity contribution in [3.8, 4) is 6.01 Å². The van der Waals surface area contributed by atoms with E-state index in [0.717, 1.165) is 0 Å². The quantitative estimate of drug-likeness (QED) is 0.933. The number of ether oxygens (including phenoxy) is 1. The van der Waals surface area contributed by atoms with Gasteiger partial charge in [0, 0.05) is 5.69 Å². The Bertz CT molecular complexity index is 579. The van der Waals surface area contributed by atoms with Gasteiger partial charge in [-0.3, -0.25) is 0 Å². The summed E-state index contributed by atoms with van der Waals surface area (Å²) in [7, 11) is 0. The van der Waals surface area contributed by atoms with E-state index < -0.39 is 0 Å². The second-order valence-corrected chi connectivity index (χ2v) is 4.35. The van der Waals surface area contributed by atoms with Gasteiger partial charge < -0.3 is 10.1 Å². The number of benzene rings is 1. The van der Waals surface area contributed by atoms with Gasteiger partial charge in [-0.15, -0.1) is 0 Å². The van der Waals surface area contributed by atoms with Crippen LogP contribution in [-0.2, 0) is 0 Å². The van der Waals surface area contributed by atoms with Crippen LogP contribution >= 0.6 is 11.6 Å². The molecule has 19 heavy (non-hydrogen) atoms. The molecule has 0 amide bonds. The third kappa shape index (κ3) is 4.03. The van der Waals surface area contributed by atoms with E-state index in [1.54, 1.807) is 12.1 Å². The van der Waals surface area contributed by atoms with Gasteiger partial charge in [-0.2, -0.15) is 15.0 Å². The van der Waals surface area contributed by atoms with Crippen LogP contribution < -0.4 is 10.1 Å². The van der Waals surface area contributed by atoms with Gasteiger partial charge in [0.05, 0.1) is 6.10 Å². The molecule has 1 aromatic heterocycles. The van der Waals surface area contributed by atoms with Crippen LogP contribution in [0.4, 0.5) is 16.0 Å². The van der Waals surface area contributed by atoms with E-state index in [9.17, 15) is 4.39 Å². The van der Waals surface area contributed by atoms with Crippen molar-refractivity contribution in [2.75, 3.05) is 5.32 Å². The maximum Gasteiger partial charge on any atom is 0.322 e. The molecule has 0 aliphatic rings. The molecule has 0 saturated carbocycles. The Labute approximate surface area is 114 Å². The first-order chi connectivity index (χ1) is 9.02. The molecule has 0 radical (unpaired) electrons. The number of nitrogens with zero attached hydrogens (tertiary/aromatic N) is 3. The van der Waals surface area contributed by atoms with Crippen molar-refractivity contribution in [1.29, 1.82) is 0 Å². The third-order valence-electron chi connectivity index (χ3n) is 2.01. The summed E-state index contributed by atoms with van der Waals surface area (Å²) >= 11 is 5.77. The zero-order valence-corrected chi connectivity index (χ0v) is 11.1. The zero-order valence-electron chi connectivity index (χ0n) is 10.4. The van der Waals surface area contributed by atoms with Crippen molar-refractivity contribution in [3.63, 3.8) is 0 Å². The van der Waals surface area contributed by atoms with Crippen LogP contribution in [0.3, 0.4) is 0 Å². The monoisotopic (exact) mass is 282 g/mol. The standard InChI is InChI=1S/C12H12ClFN4O/c1-7(2)19-12-17-10(13)16-11(18-12)15-9-5-3-4-8(14)6-9/h3-7H,1-2H3,(H,15,16,17,18). The molecule has 2 aromatic rings. The highest BCUT2D eigenvalue weighted by Crippen LogP contribution is 2.17. The van der Waals surface area contributed by atoms with Crippen molar-refractivity contribution < 1.29 is 9.13 Å². The molecular formula is C12H12ClFN4O. The molecule has 1 N–H and O–H groups in total. The highest BCUT2D eigenvalue weighted by Gasteiger charge is 2.08. The third-order valence-corrected chi connectivity index (χ3v) is 2.18. The molecule has 5 nitrogen and oxygen atoms in total. The van der Waals surface area contributed by atoms with Gasteiger partial charge in [0.1, 0.15) is 5.82 Å². The van der Waals surface area contributed by atoms with Crippen LogP contribution in [0.15, 0.2) is 24.3 Å². The molecule has 0 spiro atoms. The molecular weight excluding hydrogens is 271 g/mol. The molecule has 0 unspecified atom stereocenters. The minimum atomic E-state index is -0.358. The van der Waals surface area contributed by atoms with Crippen LogP contribution in [0.2, 0.25) is 5.28 Å². The maximum absolute atomic E-state index is 13.1. The number of anilines is 2. The summed E-state index contributed by atoms with van der Waals surface area (Å²) in [5, 5.41) is 2.84. The summed E-state index contributed by atoms with van der Waals surface area (Å²) in [6, 6.07) is 6.05. The Morgan fingerprint density at radius 1 is 1.26 bits per heavy atom. The Balaban J connectivity index is 2.22. The van der Waals surface area contributed by atoms with Crippen LogP contribution in [-0.4, -0.2) is 21.1 Å². The fourth-order valence-electron chi connectivity index (χ4n) is 1.35. The first-order valence-electron chi connectivity index (χ1n) is 5.64. The molecule has 1 heterocycles. The molecule has 0 saturated heterocycles. The minimum Gasteiger partial charge on any atom is -0.461 e. The lowest BCUT2D eigenvalue weighted by Gasteiger charge is -2.09. The smallest absolute Gasteiger partial charge is 0.322 e. The van der Waals surface area contributed by atoms with Crippen molar-refractivity contribution >= 4 is 23.2 Å². The van der Waals surface area contributed by atoms with Gasteiger partial charge in [-0.1, -0.05) is 6.07 Å². The predicted molar refractivity (Wildman–Crippen MR) is 70.3 cm³/mol. The number of halogens is 2. The van der Waals surface area contributed by atoms with Crippen LogP contribution in [0.25, 0.3) is 0 Å². The van der Waals surface area contributed by atoms with E-state index in [0.29, 0.717) is 5.69 Å². The fraction of sp³-hybridized carbons (Fsp3) is 0.250. The van der Waals surface area contributed by atoms with E-state index in [-0.39, 0.29) is 29.2 Å². The maximum atomic E-state index is 13.1. The van der Waals surface area contributed by atoms with Gasteiger partial charge in [0.2, 0.25) is 11.2 Å². The van der Waals surface area contributed by atoms with Gasteiger partial charge in [-0.25, -0.2) is 4.39 Å². The Morgan fingerprint density at radius 2 is 2.05 bits per heavy atom. The lowest BCUT2D eigenvalue weighted by atomic mass is 10.3. The van der Waals surface area contributed by atoms with E-state index in [1.807, 2.05) is 13.8 Å². The lowest BCUT2D eigenvalue weighted by Crippen LogP contribution is -2.10. The molecule has 2 rings (SSSR count). The summed E-state index contributed by atoms with van der Waals surface area (Å²) in [6.45, 7) is 3.69. The molecule has 0 aliphatic heterocycles. The average molecular weight is 283 g/mol. The van der Waals surface area contributed by atoms with Gasteiger partial charge in [-0.05, 0) is 43.6 Å². The Kier molecular flexibility index (Phi) is 4.11. The number of rotatable bonds is 4. The first-order valence-corrected chi connectivity index (χ1v) is 6.01. The topological polar surface area (TPSA) is 59.9 Å². The molecule has 100 valence electrons. The van der Waals surface area contributed by atoms with Crippen molar-refractivity contribution in [2.45, 2.75) is 20.0 Å². The Morgan fingerprint density at radius 3 is 2.74 bits per heavy atom. The largest absolute Gasteiger partial charge is 0.461 e. The normalized spacial score (nSPS) is 10.6. The highest BCUT2D eigenvalue weighted by molar-refractivity contribution is 6.28. The molecule has 0 bridgehead atoms. The average Bonchev–Trinajstić information content (AvgIpc) is 2.26. The van der Waals surface area contributed by atoms with Crippen molar-refractivity contribution in [1.82, 2.24) is 15.0 Å². The second kappa shape index (κ2) is 5.79. The van der Waals surface area contributed by atoms with E-state index in [2.05, 4.69) is 20.3 Å². The number of aromatic nitrogens is 3. The highest BCUT2D eigenvalue weighted by atomic mass is 35.5. The summed E-state index contributed by atoms with van der Waals surface area (Å²) in [5.41, 5.74) is 0.512. The summed E-state index contributed by atoms with van der Waals surface area (Å²) < 4.78 is 18.4. The summed E-state index contributed by atoms with van der Waals surface area (Å²) in [5.74, 6) is -0.162. The first kappa shape index (κ1) is 13.5. The van der Waals surface area contributed by atoms with E-state index in [1.165, 1.54) is 12.1 Å². The van der Waals surface area contributed by atoms with Crippen LogP contribution in [0, 0.1) is 5.82 Å². The second-order valence-electron chi connectivity index (χ2n) is 4.01. The molecule has 0 aliphatic carbocycles. The van der Waals surface area contributed by atoms with Crippen LogP contribution in [0.1, 0.15) is 13.8 Å². The SMILES string of the molecule is CC(C)Oc1nc(Cl)nc(Nc2cccc(F)c2)n1. The molecule has 1 aromatic carbocycles. The van der Waals surface area contributed by atoms with E-state index in [4.69, 9.17) is 16.3 Å². The number of hydrogen-bond acceptors (Lipinski definition) is 5. The van der Waals surface area contributed by atoms with Crippen molar-refractivity contribution in [3.05, 3.63) is 35.4 Å². The number of nitrogens with one attached hydrogen (secondary N) is 1. The number of hydrogen-bond donors (Lipinski definition) is 1. The fourth-order valence-corrected chi connectivity index (χ4v) is 1.50. The minimum absolute atomic E-state index is 0.00422. The van der Waals surface area contributed by atoms with Crippen LogP contribution in [0.5, 0.6) is 6.01 Å². The van der Waals surface area contributed by atoms with Crippen molar-refractivity contribution in [2.24, 2.45) is 0 Å². The summed E-state index contributed by atoms with van der Waals surface area (Å²) in [4.78, 5) is 11.8. The van der Waals surface area contributed by atoms with E-state index >= 15 is 0 Å². The molecule has 0 fully saturated rings. The molecule has 0 atom stereocenters. The zero-order chi connectivity index (χ0) is 13.8. The Hall–Kier alpha value is -1.95. The lowest BCUT2D eigenvalue weighted by molar-refractivity contribution is 0.222.